The molecule has 1 aliphatic rings. The van der Waals surface area contributed by atoms with E-state index in [1.807, 2.05) is 6.92 Å². The zero-order chi connectivity index (χ0) is 17.7. The average molecular weight is 354 g/mol. The van der Waals surface area contributed by atoms with Crippen LogP contribution in [0.2, 0.25) is 0 Å². The van der Waals surface area contributed by atoms with Gasteiger partial charge in [-0.2, -0.15) is 0 Å². The Hall–Kier alpha value is -1.93. The van der Waals surface area contributed by atoms with Crippen LogP contribution < -0.4 is 10.0 Å². The molecule has 3 N–H and O–H groups in total. The van der Waals surface area contributed by atoms with E-state index in [9.17, 15) is 18.0 Å². The van der Waals surface area contributed by atoms with Crippen LogP contribution in [0.15, 0.2) is 29.2 Å². The summed E-state index contributed by atoms with van der Waals surface area (Å²) in [5.74, 6) is -1.84. The zero-order valence-corrected chi connectivity index (χ0v) is 14.3. The third kappa shape index (κ3) is 4.78. The Morgan fingerprint density at radius 3 is 2.33 bits per heavy atom. The first kappa shape index (κ1) is 18.4. The summed E-state index contributed by atoms with van der Waals surface area (Å²) in [5.41, 5.74) is 0.970. The molecule has 2 atom stereocenters. The molecular weight excluding hydrogens is 332 g/mol. The van der Waals surface area contributed by atoms with Crippen molar-refractivity contribution in [1.82, 2.24) is 10.0 Å². The summed E-state index contributed by atoms with van der Waals surface area (Å²) in [6.45, 7) is 2.12. The number of carbonyl (C=O) groups excluding carboxylic acids is 1. The Kier molecular flexibility index (Phi) is 5.95. The van der Waals surface area contributed by atoms with Gasteiger partial charge in [-0.15, -0.1) is 0 Å². The maximum Gasteiger partial charge on any atom is 0.306 e. The summed E-state index contributed by atoms with van der Waals surface area (Å²) in [5, 5.41) is 11.6. The molecule has 24 heavy (non-hydrogen) atoms. The Morgan fingerprint density at radius 2 is 1.75 bits per heavy atom. The van der Waals surface area contributed by atoms with Gasteiger partial charge in [-0.3, -0.25) is 9.59 Å². The molecule has 0 aromatic heterocycles. The highest BCUT2D eigenvalue weighted by molar-refractivity contribution is 7.89. The number of aliphatic carboxylic acids is 1. The Balaban J connectivity index is 1.75. The molecule has 1 fully saturated rings. The number of hydrogen-bond donors (Lipinski definition) is 3. The fraction of sp³-hybridized carbons (Fsp3) is 0.500. The largest absolute Gasteiger partial charge is 0.481 e. The maximum absolute atomic E-state index is 12.1. The molecule has 2 rings (SSSR count). The minimum atomic E-state index is -3.59. The summed E-state index contributed by atoms with van der Waals surface area (Å²) in [4.78, 5) is 23.0. The van der Waals surface area contributed by atoms with Crippen molar-refractivity contribution in [3.8, 4) is 0 Å². The summed E-state index contributed by atoms with van der Waals surface area (Å²) < 4.78 is 26.6. The molecule has 132 valence electrons. The van der Waals surface area contributed by atoms with Crippen LogP contribution in [0.3, 0.4) is 0 Å². The number of rotatable bonds is 7. The molecule has 8 heteroatoms. The van der Waals surface area contributed by atoms with E-state index in [2.05, 4.69) is 10.0 Å². The number of sulfonamides is 1. The Labute approximate surface area is 141 Å². The second-order valence-corrected chi connectivity index (χ2v) is 7.81. The molecule has 0 heterocycles. The molecule has 0 unspecified atom stereocenters. The Bertz CT molecular complexity index is 700. The van der Waals surface area contributed by atoms with Crippen LogP contribution in [-0.4, -0.2) is 38.5 Å². The number of amides is 1. The third-order valence-corrected chi connectivity index (χ3v) is 5.68. The molecule has 7 nitrogen and oxygen atoms in total. The van der Waals surface area contributed by atoms with Crippen LogP contribution in [-0.2, 0) is 19.6 Å². The number of carbonyl (C=O) groups is 2. The van der Waals surface area contributed by atoms with E-state index in [0.717, 1.165) is 5.56 Å². The highest BCUT2D eigenvalue weighted by Gasteiger charge is 2.33. The summed E-state index contributed by atoms with van der Waals surface area (Å²) in [6.07, 6.45) is 1.40. The first-order chi connectivity index (χ1) is 11.3. The van der Waals surface area contributed by atoms with E-state index >= 15 is 0 Å². The van der Waals surface area contributed by atoms with Crippen LogP contribution in [0.4, 0.5) is 0 Å². The lowest BCUT2D eigenvalue weighted by Crippen LogP contribution is -2.37. The SMILES string of the molecule is Cc1ccc(S(=O)(=O)NCCNC(=O)[C@@H]2CC[C@H](C(=O)O)C2)cc1. The van der Waals surface area contributed by atoms with Crippen molar-refractivity contribution in [1.29, 1.82) is 0 Å². The number of hydrogen-bond acceptors (Lipinski definition) is 4. The average Bonchev–Trinajstić information content (AvgIpc) is 3.02. The van der Waals surface area contributed by atoms with E-state index in [4.69, 9.17) is 5.11 Å². The highest BCUT2D eigenvalue weighted by atomic mass is 32.2. The van der Waals surface area contributed by atoms with Crippen molar-refractivity contribution < 1.29 is 23.1 Å². The van der Waals surface area contributed by atoms with E-state index < -0.39 is 21.9 Å². The summed E-state index contributed by atoms with van der Waals surface area (Å²) in [6, 6.07) is 6.49. The zero-order valence-electron chi connectivity index (χ0n) is 13.5. The van der Waals surface area contributed by atoms with Crippen LogP contribution in [0, 0.1) is 18.8 Å². The summed E-state index contributed by atoms with van der Waals surface area (Å²) >= 11 is 0. The fourth-order valence-electron chi connectivity index (χ4n) is 2.76. The molecule has 0 aliphatic heterocycles. The topological polar surface area (TPSA) is 113 Å². The van der Waals surface area contributed by atoms with Gasteiger partial charge in [-0.05, 0) is 38.3 Å². The lowest BCUT2D eigenvalue weighted by Gasteiger charge is -2.11. The third-order valence-electron chi connectivity index (χ3n) is 4.20. The second kappa shape index (κ2) is 7.76. The number of carboxylic acid groups (broad SMARTS) is 1. The van der Waals surface area contributed by atoms with Crippen molar-refractivity contribution in [2.75, 3.05) is 13.1 Å². The van der Waals surface area contributed by atoms with Crippen molar-refractivity contribution in [3.63, 3.8) is 0 Å². The smallest absolute Gasteiger partial charge is 0.306 e. The van der Waals surface area contributed by atoms with Gasteiger partial charge in [0.25, 0.3) is 0 Å². The number of nitrogens with one attached hydrogen (secondary N) is 2. The molecule has 0 spiro atoms. The van der Waals surface area contributed by atoms with Gasteiger partial charge in [0.1, 0.15) is 0 Å². The van der Waals surface area contributed by atoms with E-state index in [1.54, 1.807) is 12.1 Å². The molecule has 0 saturated heterocycles. The number of benzene rings is 1. The summed E-state index contributed by atoms with van der Waals surface area (Å²) in [7, 11) is -3.59. The number of aryl methyl sites for hydroxylation is 1. The van der Waals surface area contributed by atoms with Gasteiger partial charge >= 0.3 is 5.97 Å². The number of carboxylic acids is 1. The van der Waals surface area contributed by atoms with Crippen LogP contribution in [0.1, 0.15) is 24.8 Å². The van der Waals surface area contributed by atoms with Crippen LogP contribution in [0.25, 0.3) is 0 Å². The van der Waals surface area contributed by atoms with Crippen molar-refractivity contribution in [3.05, 3.63) is 29.8 Å². The van der Waals surface area contributed by atoms with Gasteiger partial charge < -0.3 is 10.4 Å². The Morgan fingerprint density at radius 1 is 1.12 bits per heavy atom. The quantitative estimate of drug-likeness (QED) is 0.630. The highest BCUT2D eigenvalue weighted by Crippen LogP contribution is 2.30. The minimum Gasteiger partial charge on any atom is -0.481 e. The molecule has 1 amide bonds. The normalized spacial score (nSPS) is 20.7. The second-order valence-electron chi connectivity index (χ2n) is 6.05. The maximum atomic E-state index is 12.1. The van der Waals surface area contributed by atoms with Gasteiger partial charge in [0.05, 0.1) is 10.8 Å². The molecule has 0 bridgehead atoms. The molecule has 0 radical (unpaired) electrons. The lowest BCUT2D eigenvalue weighted by atomic mass is 10.0. The monoisotopic (exact) mass is 354 g/mol. The molecule has 1 aromatic rings. The first-order valence-electron chi connectivity index (χ1n) is 7.86. The van der Waals surface area contributed by atoms with Crippen molar-refractivity contribution in [2.45, 2.75) is 31.1 Å². The van der Waals surface area contributed by atoms with E-state index in [0.29, 0.717) is 19.3 Å². The molecule has 1 aliphatic carbocycles. The van der Waals surface area contributed by atoms with E-state index in [1.165, 1.54) is 12.1 Å². The minimum absolute atomic E-state index is 0.0804. The van der Waals surface area contributed by atoms with Gasteiger partial charge in [0, 0.05) is 19.0 Å². The lowest BCUT2D eigenvalue weighted by molar-refractivity contribution is -0.141. The molecule has 1 saturated carbocycles. The van der Waals surface area contributed by atoms with Gasteiger partial charge in [-0.25, -0.2) is 13.1 Å². The van der Waals surface area contributed by atoms with E-state index in [-0.39, 0.29) is 29.8 Å². The molecule has 1 aromatic carbocycles. The molecular formula is C16H22N2O5S. The van der Waals surface area contributed by atoms with Gasteiger partial charge in [0.15, 0.2) is 0 Å². The predicted molar refractivity (Wildman–Crippen MR) is 87.8 cm³/mol. The first-order valence-corrected chi connectivity index (χ1v) is 9.35. The fourth-order valence-corrected chi connectivity index (χ4v) is 3.79. The van der Waals surface area contributed by atoms with Gasteiger partial charge in [-0.1, -0.05) is 17.7 Å². The van der Waals surface area contributed by atoms with Crippen molar-refractivity contribution >= 4 is 21.9 Å². The van der Waals surface area contributed by atoms with Crippen molar-refractivity contribution in [2.24, 2.45) is 11.8 Å². The predicted octanol–water partition coefficient (Wildman–Crippen LogP) is 0.890. The van der Waals surface area contributed by atoms with Gasteiger partial charge in [0.2, 0.25) is 15.9 Å². The van der Waals surface area contributed by atoms with Crippen LogP contribution >= 0.6 is 0 Å². The van der Waals surface area contributed by atoms with Crippen LogP contribution in [0.5, 0.6) is 0 Å². The standard InChI is InChI=1S/C16H22N2O5S/c1-11-2-6-14(7-3-11)24(22,23)18-9-8-17-15(19)12-4-5-13(10-12)16(20)21/h2-3,6-7,12-13,18H,4-5,8-10H2,1H3,(H,17,19)(H,20,21)/t12-,13+/m1/s1.